The van der Waals surface area contributed by atoms with Gasteiger partial charge in [0.1, 0.15) is 11.7 Å². The standard InChI is InChI=1S/C8H12N4.CH4/c1-2-11-7-4-3-6(5-12-7)8(9)10;/h3-5H,2H2,1H3,(H3,9,10)(H,11,12);1H4. The van der Waals surface area contributed by atoms with Crippen molar-refractivity contribution in [2.75, 3.05) is 11.9 Å². The molecule has 0 saturated heterocycles. The highest BCUT2D eigenvalue weighted by molar-refractivity contribution is 5.94. The first-order valence-electron chi connectivity index (χ1n) is 3.78. The largest absolute Gasteiger partial charge is 0.384 e. The minimum atomic E-state index is 0. The van der Waals surface area contributed by atoms with Crippen LogP contribution in [-0.4, -0.2) is 17.4 Å². The van der Waals surface area contributed by atoms with E-state index in [1.807, 2.05) is 6.92 Å². The molecule has 13 heavy (non-hydrogen) atoms. The predicted molar refractivity (Wildman–Crippen MR) is 56.1 cm³/mol. The molecule has 0 saturated carbocycles. The van der Waals surface area contributed by atoms with E-state index in [0.717, 1.165) is 12.4 Å². The maximum Gasteiger partial charge on any atom is 0.125 e. The quantitative estimate of drug-likeness (QED) is 0.486. The molecule has 0 spiro atoms. The van der Waals surface area contributed by atoms with Crippen LogP contribution in [0.15, 0.2) is 18.3 Å². The lowest BCUT2D eigenvalue weighted by molar-refractivity contribution is 1.16. The number of nitrogen functional groups attached to an aromatic ring is 1. The zero-order valence-electron chi connectivity index (χ0n) is 6.96. The third-order valence-electron chi connectivity index (χ3n) is 1.43. The molecule has 1 heterocycles. The lowest BCUT2D eigenvalue weighted by Crippen LogP contribution is -2.11. The number of hydrogen-bond donors (Lipinski definition) is 3. The van der Waals surface area contributed by atoms with Gasteiger partial charge in [0, 0.05) is 18.3 Å². The van der Waals surface area contributed by atoms with Gasteiger partial charge in [-0.1, -0.05) is 7.43 Å². The smallest absolute Gasteiger partial charge is 0.125 e. The molecule has 0 atom stereocenters. The number of nitrogens with zero attached hydrogens (tertiary/aromatic N) is 1. The van der Waals surface area contributed by atoms with E-state index in [1.165, 1.54) is 0 Å². The number of pyridine rings is 1. The van der Waals surface area contributed by atoms with Crippen LogP contribution in [0.4, 0.5) is 5.82 Å². The highest BCUT2D eigenvalue weighted by Crippen LogP contribution is 2.03. The van der Waals surface area contributed by atoms with E-state index in [9.17, 15) is 0 Å². The number of aromatic nitrogens is 1. The Morgan fingerprint density at radius 1 is 1.62 bits per heavy atom. The Morgan fingerprint density at radius 3 is 2.69 bits per heavy atom. The van der Waals surface area contributed by atoms with Crippen molar-refractivity contribution in [3.63, 3.8) is 0 Å². The minimum absolute atomic E-state index is 0. The molecule has 0 unspecified atom stereocenters. The zero-order chi connectivity index (χ0) is 8.97. The second-order valence-corrected chi connectivity index (χ2v) is 2.38. The Labute approximate surface area is 78.7 Å². The maximum absolute atomic E-state index is 7.13. The number of amidine groups is 1. The first-order valence-corrected chi connectivity index (χ1v) is 3.78. The van der Waals surface area contributed by atoms with Crippen molar-refractivity contribution < 1.29 is 0 Å². The van der Waals surface area contributed by atoms with Crippen molar-refractivity contribution in [1.29, 1.82) is 5.41 Å². The molecule has 1 aromatic heterocycles. The molecule has 0 aromatic carbocycles. The van der Waals surface area contributed by atoms with Crippen LogP contribution in [0, 0.1) is 5.41 Å². The number of nitrogens with two attached hydrogens (primary N) is 1. The van der Waals surface area contributed by atoms with Gasteiger partial charge in [0.05, 0.1) is 0 Å². The molecule has 1 rings (SSSR count). The summed E-state index contributed by atoms with van der Waals surface area (Å²) >= 11 is 0. The van der Waals surface area contributed by atoms with Crippen molar-refractivity contribution in [3.05, 3.63) is 23.9 Å². The Kier molecular flexibility index (Phi) is 4.51. The summed E-state index contributed by atoms with van der Waals surface area (Å²) in [5.41, 5.74) is 5.91. The number of anilines is 1. The van der Waals surface area contributed by atoms with Crippen molar-refractivity contribution in [3.8, 4) is 0 Å². The van der Waals surface area contributed by atoms with E-state index in [1.54, 1.807) is 18.3 Å². The maximum atomic E-state index is 7.13. The summed E-state index contributed by atoms with van der Waals surface area (Å²) in [6.07, 6.45) is 1.58. The summed E-state index contributed by atoms with van der Waals surface area (Å²) in [5.74, 6) is 0.855. The number of hydrogen-bond acceptors (Lipinski definition) is 3. The van der Waals surface area contributed by atoms with Crippen LogP contribution in [0.3, 0.4) is 0 Å². The molecule has 72 valence electrons. The average Bonchev–Trinajstić information content (AvgIpc) is 2.06. The van der Waals surface area contributed by atoms with Gasteiger partial charge in [-0.25, -0.2) is 4.98 Å². The van der Waals surface area contributed by atoms with Gasteiger partial charge in [0.2, 0.25) is 0 Å². The molecular weight excluding hydrogens is 164 g/mol. The molecule has 4 heteroatoms. The summed E-state index contributed by atoms with van der Waals surface area (Å²) in [5, 5.41) is 10.2. The molecule has 0 amide bonds. The molecule has 4 N–H and O–H groups in total. The van der Waals surface area contributed by atoms with Crippen LogP contribution < -0.4 is 11.1 Å². The van der Waals surface area contributed by atoms with E-state index in [0.29, 0.717) is 5.56 Å². The van der Waals surface area contributed by atoms with Crippen LogP contribution in [0.1, 0.15) is 19.9 Å². The van der Waals surface area contributed by atoms with Crippen molar-refractivity contribution in [2.45, 2.75) is 14.4 Å². The third-order valence-corrected chi connectivity index (χ3v) is 1.43. The van der Waals surface area contributed by atoms with E-state index in [2.05, 4.69) is 10.3 Å². The van der Waals surface area contributed by atoms with Gasteiger partial charge in [-0.3, -0.25) is 5.41 Å². The highest BCUT2D eigenvalue weighted by atomic mass is 15.0. The van der Waals surface area contributed by atoms with Gasteiger partial charge in [-0.15, -0.1) is 0 Å². The number of rotatable bonds is 3. The van der Waals surface area contributed by atoms with Gasteiger partial charge in [-0.05, 0) is 19.1 Å². The van der Waals surface area contributed by atoms with E-state index >= 15 is 0 Å². The second kappa shape index (κ2) is 5.13. The summed E-state index contributed by atoms with van der Waals surface area (Å²) in [6.45, 7) is 2.84. The SMILES string of the molecule is C.CCNc1ccc(C(=N)N)cn1. The van der Waals surface area contributed by atoms with Gasteiger partial charge in [0.15, 0.2) is 0 Å². The first-order chi connectivity index (χ1) is 5.74. The van der Waals surface area contributed by atoms with Crippen LogP contribution in [0.25, 0.3) is 0 Å². The predicted octanol–water partition coefficient (Wildman–Crippen LogP) is 1.43. The van der Waals surface area contributed by atoms with E-state index in [-0.39, 0.29) is 13.3 Å². The second-order valence-electron chi connectivity index (χ2n) is 2.38. The van der Waals surface area contributed by atoms with Gasteiger partial charge >= 0.3 is 0 Å². The molecule has 0 bridgehead atoms. The van der Waals surface area contributed by atoms with Crippen LogP contribution in [-0.2, 0) is 0 Å². The topological polar surface area (TPSA) is 74.8 Å². The molecule has 0 aliphatic heterocycles. The summed E-state index contributed by atoms with van der Waals surface area (Å²) in [7, 11) is 0. The van der Waals surface area contributed by atoms with Crippen LogP contribution in [0.5, 0.6) is 0 Å². The van der Waals surface area contributed by atoms with Crippen molar-refractivity contribution in [2.24, 2.45) is 5.73 Å². The zero-order valence-corrected chi connectivity index (χ0v) is 6.96. The van der Waals surface area contributed by atoms with Crippen molar-refractivity contribution in [1.82, 2.24) is 4.98 Å². The van der Waals surface area contributed by atoms with Gasteiger partial charge in [0.25, 0.3) is 0 Å². The Morgan fingerprint density at radius 2 is 2.31 bits per heavy atom. The minimum Gasteiger partial charge on any atom is -0.384 e. The Balaban J connectivity index is 0.00000144. The fraction of sp³-hybridized carbons (Fsp3) is 0.333. The summed E-state index contributed by atoms with van der Waals surface area (Å²) in [4.78, 5) is 4.06. The Bertz CT molecular complexity index is 265. The van der Waals surface area contributed by atoms with Gasteiger partial charge < -0.3 is 11.1 Å². The summed E-state index contributed by atoms with van der Waals surface area (Å²) in [6, 6.07) is 3.58. The highest BCUT2D eigenvalue weighted by Gasteiger charge is 1.95. The van der Waals surface area contributed by atoms with Crippen LogP contribution in [0.2, 0.25) is 0 Å². The lowest BCUT2D eigenvalue weighted by Gasteiger charge is -2.02. The molecule has 0 aliphatic carbocycles. The average molecular weight is 180 g/mol. The molecule has 0 radical (unpaired) electrons. The number of nitrogens with one attached hydrogen (secondary N) is 2. The third kappa shape index (κ3) is 3.11. The molecule has 0 aliphatic rings. The van der Waals surface area contributed by atoms with E-state index < -0.39 is 0 Å². The summed E-state index contributed by atoms with van der Waals surface area (Å²) < 4.78 is 0. The fourth-order valence-electron chi connectivity index (χ4n) is 0.839. The van der Waals surface area contributed by atoms with E-state index in [4.69, 9.17) is 11.1 Å². The van der Waals surface area contributed by atoms with Gasteiger partial charge in [-0.2, -0.15) is 0 Å². The molecule has 1 aromatic rings. The normalized spacial score (nSPS) is 8.69. The molecular formula is C9H16N4. The fourth-order valence-corrected chi connectivity index (χ4v) is 0.839. The first kappa shape index (κ1) is 11.4. The van der Waals surface area contributed by atoms with Crippen molar-refractivity contribution >= 4 is 11.7 Å². The Hall–Kier alpha value is -1.58. The molecule has 4 nitrogen and oxygen atoms in total. The molecule has 0 fully saturated rings. The monoisotopic (exact) mass is 180 g/mol. The lowest BCUT2D eigenvalue weighted by atomic mass is 10.2. The van der Waals surface area contributed by atoms with Crippen LogP contribution >= 0.6 is 0 Å².